The van der Waals surface area contributed by atoms with E-state index >= 15 is 0 Å². The number of amides is 1. The first-order valence-electron chi connectivity index (χ1n) is 10.6. The Morgan fingerprint density at radius 1 is 1.13 bits per heavy atom. The number of aromatic nitrogens is 1. The molecule has 1 aromatic heterocycles. The van der Waals surface area contributed by atoms with E-state index in [-0.39, 0.29) is 11.7 Å². The molecule has 30 heavy (non-hydrogen) atoms. The van der Waals surface area contributed by atoms with Crippen LogP contribution in [0.15, 0.2) is 54.7 Å². The zero-order valence-electron chi connectivity index (χ0n) is 17.1. The fourth-order valence-electron chi connectivity index (χ4n) is 4.62. The lowest BCUT2D eigenvalue weighted by molar-refractivity contribution is 0.0939. The van der Waals surface area contributed by atoms with Crippen molar-refractivity contribution in [3.63, 3.8) is 0 Å². The fourth-order valence-corrected chi connectivity index (χ4v) is 4.74. The van der Waals surface area contributed by atoms with Gasteiger partial charge in [-0.25, -0.2) is 4.39 Å². The second-order valence-electron chi connectivity index (χ2n) is 8.37. The highest BCUT2D eigenvalue weighted by Gasteiger charge is 2.27. The molecule has 0 radical (unpaired) electrons. The molecule has 1 aliphatic carbocycles. The molecule has 1 heterocycles. The molecule has 5 heteroatoms. The van der Waals surface area contributed by atoms with E-state index in [9.17, 15) is 9.18 Å². The van der Waals surface area contributed by atoms with Gasteiger partial charge in [-0.05, 0) is 97.5 Å². The summed E-state index contributed by atoms with van der Waals surface area (Å²) in [4.78, 5) is 16.7. The summed E-state index contributed by atoms with van der Waals surface area (Å²) in [6.07, 6.45) is 6.21. The van der Waals surface area contributed by atoms with Gasteiger partial charge in [0, 0.05) is 28.7 Å². The van der Waals surface area contributed by atoms with Crippen molar-refractivity contribution in [3.05, 3.63) is 76.7 Å². The Balaban J connectivity index is 1.34. The van der Waals surface area contributed by atoms with Gasteiger partial charge >= 0.3 is 0 Å². The highest BCUT2D eigenvalue weighted by atomic mass is 35.5. The lowest BCUT2D eigenvalue weighted by atomic mass is 9.74. The van der Waals surface area contributed by atoms with Crippen LogP contribution in [0.5, 0.6) is 0 Å². The number of pyridine rings is 1. The Morgan fingerprint density at radius 3 is 2.60 bits per heavy atom. The van der Waals surface area contributed by atoms with Gasteiger partial charge in [-0.2, -0.15) is 0 Å². The predicted molar refractivity (Wildman–Crippen MR) is 119 cm³/mol. The number of carbonyl (C=O) groups is 1. The molecule has 0 spiro atoms. The van der Waals surface area contributed by atoms with Crippen LogP contribution in [0, 0.1) is 17.7 Å². The van der Waals surface area contributed by atoms with Crippen molar-refractivity contribution in [1.29, 1.82) is 0 Å². The summed E-state index contributed by atoms with van der Waals surface area (Å²) in [7, 11) is 0. The minimum Gasteiger partial charge on any atom is -0.352 e. The van der Waals surface area contributed by atoms with E-state index in [1.165, 1.54) is 11.6 Å². The topological polar surface area (TPSA) is 42.0 Å². The maximum atomic E-state index is 13.8. The molecule has 1 aliphatic rings. The largest absolute Gasteiger partial charge is 0.352 e. The van der Waals surface area contributed by atoms with Gasteiger partial charge in [0.25, 0.3) is 5.91 Å². The van der Waals surface area contributed by atoms with Gasteiger partial charge in [0.2, 0.25) is 0 Å². The summed E-state index contributed by atoms with van der Waals surface area (Å²) in [5.74, 6) is 1.16. The first-order chi connectivity index (χ1) is 14.5. The van der Waals surface area contributed by atoms with Gasteiger partial charge in [0.05, 0.1) is 5.52 Å². The molecule has 0 unspecified atom stereocenters. The van der Waals surface area contributed by atoms with Crippen LogP contribution in [0.3, 0.4) is 0 Å². The number of hydrogen-bond donors (Lipinski definition) is 1. The predicted octanol–water partition coefficient (Wildman–Crippen LogP) is 6.37. The Morgan fingerprint density at radius 2 is 1.87 bits per heavy atom. The molecule has 3 nitrogen and oxygen atoms in total. The summed E-state index contributed by atoms with van der Waals surface area (Å²) in [6.45, 7) is 2.88. The zero-order valence-corrected chi connectivity index (χ0v) is 17.8. The quantitative estimate of drug-likeness (QED) is 0.517. The second-order valence-corrected chi connectivity index (χ2v) is 8.80. The van der Waals surface area contributed by atoms with E-state index < -0.39 is 0 Å². The monoisotopic (exact) mass is 424 g/mol. The Bertz CT molecular complexity index is 1030. The van der Waals surface area contributed by atoms with Gasteiger partial charge in [-0.15, -0.1) is 0 Å². The van der Waals surface area contributed by atoms with Crippen molar-refractivity contribution in [2.24, 2.45) is 11.8 Å². The highest BCUT2D eigenvalue weighted by molar-refractivity contribution is 6.30. The third kappa shape index (κ3) is 4.65. The normalized spacial score (nSPS) is 20.1. The first kappa shape index (κ1) is 20.8. The van der Waals surface area contributed by atoms with E-state index in [2.05, 4.69) is 17.2 Å². The summed E-state index contributed by atoms with van der Waals surface area (Å²) >= 11 is 5.89. The number of nitrogens with one attached hydrogen (secondary N) is 1. The van der Waals surface area contributed by atoms with Crippen molar-refractivity contribution in [1.82, 2.24) is 10.3 Å². The highest BCUT2D eigenvalue weighted by Crippen LogP contribution is 2.40. The van der Waals surface area contributed by atoms with Crippen molar-refractivity contribution in [3.8, 4) is 0 Å². The Kier molecular flexibility index (Phi) is 6.33. The number of nitrogens with zero attached hydrogens (tertiary/aromatic N) is 1. The van der Waals surface area contributed by atoms with E-state index in [1.807, 2.05) is 12.3 Å². The van der Waals surface area contributed by atoms with Gasteiger partial charge < -0.3 is 5.32 Å². The maximum absolute atomic E-state index is 13.8. The van der Waals surface area contributed by atoms with E-state index in [0.29, 0.717) is 34.9 Å². The number of rotatable bonds is 5. The molecule has 1 amide bonds. The van der Waals surface area contributed by atoms with Crippen LogP contribution in [0.1, 0.15) is 54.4 Å². The third-order valence-electron chi connectivity index (χ3n) is 6.44. The van der Waals surface area contributed by atoms with Gasteiger partial charge in [0.15, 0.2) is 0 Å². The SMILES string of the molecule is C[C@@H](CNC(=O)c1ccc(Cl)cc1)[C@H]1CC[C@@H](c2ccnc3ccc(F)cc32)CC1. The number of fused-ring (bicyclic) bond motifs is 1. The average Bonchev–Trinajstić information content (AvgIpc) is 2.77. The van der Waals surface area contributed by atoms with Crippen LogP contribution in [0.25, 0.3) is 10.9 Å². The van der Waals surface area contributed by atoms with E-state index in [4.69, 9.17) is 11.6 Å². The molecule has 0 saturated heterocycles. The molecular formula is C25H26ClFN2O. The molecule has 1 fully saturated rings. The van der Waals surface area contributed by atoms with Crippen molar-refractivity contribution in [2.45, 2.75) is 38.5 Å². The molecule has 3 aromatic rings. The lowest BCUT2D eigenvalue weighted by Gasteiger charge is -2.33. The maximum Gasteiger partial charge on any atom is 0.251 e. The summed E-state index contributed by atoms with van der Waals surface area (Å²) in [6, 6.07) is 13.8. The van der Waals surface area contributed by atoms with Crippen LogP contribution in [0.2, 0.25) is 5.02 Å². The second kappa shape index (κ2) is 9.13. The van der Waals surface area contributed by atoms with E-state index in [1.54, 1.807) is 36.4 Å². The van der Waals surface area contributed by atoms with Crippen molar-refractivity contribution >= 4 is 28.4 Å². The smallest absolute Gasteiger partial charge is 0.251 e. The minimum absolute atomic E-state index is 0.0579. The molecule has 1 N–H and O–H groups in total. The van der Waals surface area contributed by atoms with Crippen molar-refractivity contribution in [2.75, 3.05) is 6.54 Å². The first-order valence-corrected chi connectivity index (χ1v) is 11.0. The van der Waals surface area contributed by atoms with Crippen LogP contribution in [-0.4, -0.2) is 17.4 Å². The number of halogens is 2. The summed E-state index contributed by atoms with van der Waals surface area (Å²) in [5.41, 5.74) is 2.70. The summed E-state index contributed by atoms with van der Waals surface area (Å²) in [5, 5.41) is 4.62. The standard InChI is InChI=1S/C25H26ClFN2O/c1-16(15-29-25(30)19-6-8-20(26)9-7-19)17-2-4-18(5-3-17)22-12-13-28-24-11-10-21(27)14-23(22)24/h6-14,16-18H,2-5,15H2,1H3,(H,29,30)/t16-,17-,18+/m0/s1. The lowest BCUT2D eigenvalue weighted by Crippen LogP contribution is -2.32. The number of carbonyl (C=O) groups excluding carboxylic acids is 1. The number of hydrogen-bond acceptors (Lipinski definition) is 2. The van der Waals surface area contributed by atoms with E-state index in [0.717, 1.165) is 36.6 Å². The molecule has 2 aromatic carbocycles. The van der Waals surface area contributed by atoms with Crippen LogP contribution < -0.4 is 5.32 Å². The molecule has 1 saturated carbocycles. The molecular weight excluding hydrogens is 399 g/mol. The van der Waals surface area contributed by atoms with Gasteiger partial charge in [-0.3, -0.25) is 9.78 Å². The molecule has 0 bridgehead atoms. The Labute approximate surface area is 181 Å². The summed E-state index contributed by atoms with van der Waals surface area (Å²) < 4.78 is 13.8. The fraction of sp³-hybridized carbons (Fsp3) is 0.360. The number of benzene rings is 2. The minimum atomic E-state index is -0.213. The van der Waals surface area contributed by atoms with Crippen LogP contribution in [0.4, 0.5) is 4.39 Å². The van der Waals surface area contributed by atoms with Crippen molar-refractivity contribution < 1.29 is 9.18 Å². The van der Waals surface area contributed by atoms with Gasteiger partial charge in [-0.1, -0.05) is 18.5 Å². The molecule has 1 atom stereocenters. The molecule has 4 rings (SSSR count). The van der Waals surface area contributed by atoms with Crippen LogP contribution >= 0.6 is 11.6 Å². The van der Waals surface area contributed by atoms with Gasteiger partial charge in [0.1, 0.15) is 5.82 Å². The van der Waals surface area contributed by atoms with Crippen LogP contribution in [-0.2, 0) is 0 Å². The molecule has 156 valence electrons. The third-order valence-corrected chi connectivity index (χ3v) is 6.70. The average molecular weight is 425 g/mol. The zero-order chi connectivity index (χ0) is 21.1. The Hall–Kier alpha value is -2.46. The molecule has 0 aliphatic heterocycles.